The van der Waals surface area contributed by atoms with E-state index in [1.54, 1.807) is 0 Å². The van der Waals surface area contributed by atoms with Crippen molar-refractivity contribution in [2.45, 2.75) is 45.7 Å². The number of aryl methyl sites for hydroxylation is 1. The van der Waals surface area contributed by atoms with E-state index in [0.717, 1.165) is 67.7 Å². The van der Waals surface area contributed by atoms with Crippen molar-refractivity contribution in [3.05, 3.63) is 41.8 Å². The highest BCUT2D eigenvalue weighted by atomic mass is 16.3. The maximum absolute atomic E-state index is 5.94. The lowest BCUT2D eigenvalue weighted by Gasteiger charge is -2.30. The molecule has 126 valence electrons. The molecule has 24 heavy (non-hydrogen) atoms. The van der Waals surface area contributed by atoms with Gasteiger partial charge in [-0.1, -0.05) is 12.1 Å². The van der Waals surface area contributed by atoms with Gasteiger partial charge in [-0.3, -0.25) is 4.90 Å². The van der Waals surface area contributed by atoms with Crippen LogP contribution in [0.4, 0.5) is 0 Å². The Morgan fingerprint density at radius 3 is 2.71 bits per heavy atom. The molecule has 1 saturated heterocycles. The van der Waals surface area contributed by atoms with Crippen molar-refractivity contribution in [1.82, 2.24) is 24.6 Å². The van der Waals surface area contributed by atoms with Crippen LogP contribution in [0.3, 0.4) is 0 Å². The maximum Gasteiger partial charge on any atom is 0.198 e. The number of oxazole rings is 1. The summed E-state index contributed by atoms with van der Waals surface area (Å²) in [6.45, 7) is 8.03. The Morgan fingerprint density at radius 2 is 1.96 bits per heavy atom. The number of likely N-dealkylation sites (tertiary alicyclic amines) is 1. The van der Waals surface area contributed by atoms with Crippen LogP contribution in [0.1, 0.15) is 43.2 Å². The van der Waals surface area contributed by atoms with Crippen LogP contribution >= 0.6 is 0 Å². The second-order valence-electron chi connectivity index (χ2n) is 6.48. The third-order valence-electron chi connectivity index (χ3n) is 4.94. The van der Waals surface area contributed by atoms with E-state index in [0.29, 0.717) is 5.92 Å². The van der Waals surface area contributed by atoms with Crippen LogP contribution in [-0.2, 0) is 13.1 Å². The summed E-state index contributed by atoms with van der Waals surface area (Å²) in [4.78, 5) is 7.12. The van der Waals surface area contributed by atoms with E-state index in [2.05, 4.69) is 31.6 Å². The standard InChI is InChI=1S/C18H23N5O/c1-3-23-13(2)20-21-17(23)12-22-10-8-14(9-11-22)18-19-15-6-4-5-7-16(15)24-18/h4-7,14H,3,8-12H2,1-2H3. The molecule has 1 aliphatic rings. The fourth-order valence-electron chi connectivity index (χ4n) is 3.56. The molecule has 0 atom stereocenters. The number of rotatable bonds is 4. The lowest BCUT2D eigenvalue weighted by atomic mass is 9.97. The fourth-order valence-corrected chi connectivity index (χ4v) is 3.56. The molecular weight excluding hydrogens is 302 g/mol. The van der Waals surface area contributed by atoms with E-state index in [1.165, 1.54) is 0 Å². The van der Waals surface area contributed by atoms with Crippen molar-refractivity contribution < 1.29 is 4.42 Å². The topological polar surface area (TPSA) is 60.0 Å². The monoisotopic (exact) mass is 325 g/mol. The summed E-state index contributed by atoms with van der Waals surface area (Å²) in [7, 11) is 0. The summed E-state index contributed by atoms with van der Waals surface area (Å²) in [5.74, 6) is 3.37. The molecule has 0 N–H and O–H groups in total. The van der Waals surface area contributed by atoms with Gasteiger partial charge in [0.1, 0.15) is 17.2 Å². The molecule has 0 radical (unpaired) electrons. The zero-order valence-corrected chi connectivity index (χ0v) is 14.3. The zero-order valence-electron chi connectivity index (χ0n) is 14.3. The van der Waals surface area contributed by atoms with Gasteiger partial charge in [0.05, 0.1) is 6.54 Å². The molecule has 6 nitrogen and oxygen atoms in total. The normalized spacial score (nSPS) is 16.9. The molecular formula is C18H23N5O. The largest absolute Gasteiger partial charge is 0.440 e. The molecule has 2 aromatic heterocycles. The zero-order chi connectivity index (χ0) is 16.5. The van der Waals surface area contributed by atoms with Crippen molar-refractivity contribution in [2.75, 3.05) is 13.1 Å². The van der Waals surface area contributed by atoms with E-state index in [9.17, 15) is 0 Å². The Balaban J connectivity index is 1.41. The molecule has 0 unspecified atom stereocenters. The number of piperidine rings is 1. The molecule has 1 fully saturated rings. The fraction of sp³-hybridized carbons (Fsp3) is 0.500. The Kier molecular flexibility index (Phi) is 4.06. The predicted octanol–water partition coefficient (Wildman–Crippen LogP) is 3.13. The number of nitrogens with zero attached hydrogens (tertiary/aromatic N) is 5. The molecule has 0 amide bonds. The number of hydrogen-bond acceptors (Lipinski definition) is 5. The molecule has 0 spiro atoms. The smallest absolute Gasteiger partial charge is 0.198 e. The minimum Gasteiger partial charge on any atom is -0.440 e. The molecule has 0 saturated carbocycles. The first-order valence-electron chi connectivity index (χ1n) is 8.71. The molecule has 3 heterocycles. The van der Waals surface area contributed by atoms with Gasteiger partial charge in [0.2, 0.25) is 0 Å². The van der Waals surface area contributed by atoms with Crippen molar-refractivity contribution in [1.29, 1.82) is 0 Å². The molecule has 1 aromatic carbocycles. The Hall–Kier alpha value is -2.21. The number of hydrogen-bond donors (Lipinski definition) is 0. The average Bonchev–Trinajstić information content (AvgIpc) is 3.19. The van der Waals surface area contributed by atoms with Crippen LogP contribution < -0.4 is 0 Å². The maximum atomic E-state index is 5.94. The highest BCUT2D eigenvalue weighted by Crippen LogP contribution is 2.30. The van der Waals surface area contributed by atoms with Gasteiger partial charge in [-0.05, 0) is 51.9 Å². The average molecular weight is 325 g/mol. The lowest BCUT2D eigenvalue weighted by Crippen LogP contribution is -2.33. The van der Waals surface area contributed by atoms with E-state index < -0.39 is 0 Å². The molecule has 0 bridgehead atoms. The number of fused-ring (bicyclic) bond motifs is 1. The second-order valence-corrected chi connectivity index (χ2v) is 6.48. The first-order chi connectivity index (χ1) is 11.7. The van der Waals surface area contributed by atoms with E-state index in [4.69, 9.17) is 4.42 Å². The van der Waals surface area contributed by atoms with Crippen molar-refractivity contribution >= 4 is 11.1 Å². The molecule has 1 aliphatic heterocycles. The van der Waals surface area contributed by atoms with E-state index in [1.807, 2.05) is 31.2 Å². The Bertz CT molecular complexity index is 796. The van der Waals surface area contributed by atoms with Crippen LogP contribution in [0.2, 0.25) is 0 Å². The second kappa shape index (κ2) is 6.36. The summed E-state index contributed by atoms with van der Waals surface area (Å²) in [5, 5.41) is 8.53. The SMILES string of the molecule is CCn1c(C)nnc1CN1CCC(c2nc3ccccc3o2)CC1. The van der Waals surface area contributed by atoms with Gasteiger partial charge in [0.15, 0.2) is 11.5 Å². The molecule has 6 heteroatoms. The van der Waals surface area contributed by atoms with E-state index in [-0.39, 0.29) is 0 Å². The quantitative estimate of drug-likeness (QED) is 0.737. The predicted molar refractivity (Wildman–Crippen MR) is 91.7 cm³/mol. The summed E-state index contributed by atoms with van der Waals surface area (Å²) in [6.07, 6.45) is 2.15. The minimum absolute atomic E-state index is 0.416. The summed E-state index contributed by atoms with van der Waals surface area (Å²) >= 11 is 0. The van der Waals surface area contributed by atoms with E-state index >= 15 is 0 Å². The Labute approximate surface area is 141 Å². The molecule has 3 aromatic rings. The van der Waals surface area contributed by atoms with Gasteiger partial charge in [0, 0.05) is 12.5 Å². The van der Waals surface area contributed by atoms with Gasteiger partial charge >= 0.3 is 0 Å². The highest BCUT2D eigenvalue weighted by Gasteiger charge is 2.25. The van der Waals surface area contributed by atoms with Crippen molar-refractivity contribution in [3.8, 4) is 0 Å². The van der Waals surface area contributed by atoms with Gasteiger partial charge in [-0.25, -0.2) is 4.98 Å². The number of para-hydroxylation sites is 2. The van der Waals surface area contributed by atoms with Crippen molar-refractivity contribution in [3.63, 3.8) is 0 Å². The van der Waals surface area contributed by atoms with Crippen LogP contribution in [0.15, 0.2) is 28.7 Å². The third kappa shape index (κ3) is 2.82. The lowest BCUT2D eigenvalue weighted by molar-refractivity contribution is 0.187. The van der Waals surface area contributed by atoms with Gasteiger partial charge in [-0.15, -0.1) is 10.2 Å². The highest BCUT2D eigenvalue weighted by molar-refractivity contribution is 5.72. The minimum atomic E-state index is 0.416. The van der Waals surface area contributed by atoms with Crippen LogP contribution in [-0.4, -0.2) is 37.7 Å². The first kappa shape index (κ1) is 15.3. The molecule has 0 aliphatic carbocycles. The third-order valence-corrected chi connectivity index (χ3v) is 4.94. The number of aromatic nitrogens is 4. The van der Waals surface area contributed by atoms with Crippen LogP contribution in [0.5, 0.6) is 0 Å². The number of benzene rings is 1. The van der Waals surface area contributed by atoms with Crippen LogP contribution in [0.25, 0.3) is 11.1 Å². The Morgan fingerprint density at radius 1 is 1.17 bits per heavy atom. The summed E-state index contributed by atoms with van der Waals surface area (Å²) < 4.78 is 8.13. The van der Waals surface area contributed by atoms with Crippen molar-refractivity contribution in [2.24, 2.45) is 0 Å². The van der Waals surface area contributed by atoms with Gasteiger partial charge in [-0.2, -0.15) is 0 Å². The van der Waals surface area contributed by atoms with Crippen LogP contribution in [0, 0.1) is 6.92 Å². The summed E-state index contributed by atoms with van der Waals surface area (Å²) in [5.41, 5.74) is 1.85. The van der Waals surface area contributed by atoms with Gasteiger partial charge in [0.25, 0.3) is 0 Å². The summed E-state index contributed by atoms with van der Waals surface area (Å²) in [6, 6.07) is 7.99. The molecule has 4 rings (SSSR count). The van der Waals surface area contributed by atoms with Gasteiger partial charge < -0.3 is 8.98 Å². The first-order valence-corrected chi connectivity index (χ1v) is 8.71.